The molecule has 0 amide bonds. The summed E-state index contributed by atoms with van der Waals surface area (Å²) >= 11 is 0. The second-order valence-electron chi connectivity index (χ2n) is 10.8. The maximum Gasteiger partial charge on any atom is 0.178 e. The Morgan fingerprint density at radius 1 is 0.381 bits per heavy atom. The SMILES string of the molecule is c1ccc(-c2ccccc2-c2c3ccccc3c(-c3ccc4c(c3)oc3c4ccc4ccoc43)c3ccccc23)cc1. The van der Waals surface area contributed by atoms with Crippen LogP contribution in [0.1, 0.15) is 0 Å². The third kappa shape index (κ3) is 3.33. The molecule has 196 valence electrons. The molecule has 0 saturated carbocycles. The van der Waals surface area contributed by atoms with Gasteiger partial charge in [0.2, 0.25) is 0 Å². The first-order valence-electron chi connectivity index (χ1n) is 14.3. The average molecular weight is 537 g/mol. The van der Waals surface area contributed by atoms with E-state index in [4.69, 9.17) is 8.83 Å². The van der Waals surface area contributed by atoms with Crippen molar-refractivity contribution in [3.63, 3.8) is 0 Å². The molecule has 2 heterocycles. The molecule has 0 unspecified atom stereocenters. The third-order valence-electron chi connectivity index (χ3n) is 8.56. The minimum atomic E-state index is 0.794. The Morgan fingerprint density at radius 3 is 1.74 bits per heavy atom. The van der Waals surface area contributed by atoms with Crippen LogP contribution in [0, 0.1) is 0 Å². The van der Waals surface area contributed by atoms with Crippen LogP contribution in [0.2, 0.25) is 0 Å². The molecule has 0 saturated heterocycles. The predicted octanol–water partition coefficient (Wildman–Crippen LogP) is 11.6. The molecule has 9 rings (SSSR count). The Labute approximate surface area is 242 Å². The molecule has 0 fully saturated rings. The van der Waals surface area contributed by atoms with Gasteiger partial charge in [0.25, 0.3) is 0 Å². The van der Waals surface area contributed by atoms with Crippen molar-refractivity contribution in [2.75, 3.05) is 0 Å². The quantitative estimate of drug-likeness (QED) is 0.210. The van der Waals surface area contributed by atoms with Crippen LogP contribution >= 0.6 is 0 Å². The molecule has 0 atom stereocenters. The molecule has 0 aliphatic rings. The van der Waals surface area contributed by atoms with E-state index >= 15 is 0 Å². The molecule has 0 radical (unpaired) electrons. The molecule has 0 aliphatic heterocycles. The highest BCUT2D eigenvalue weighted by atomic mass is 16.4. The molecule has 2 heteroatoms. The van der Waals surface area contributed by atoms with Gasteiger partial charge in [0.1, 0.15) is 5.58 Å². The van der Waals surface area contributed by atoms with Crippen molar-refractivity contribution in [2.24, 2.45) is 0 Å². The number of rotatable bonds is 3. The zero-order valence-corrected chi connectivity index (χ0v) is 22.7. The minimum absolute atomic E-state index is 0.794. The standard InChI is InChI=1S/C40H24O2/c1-2-10-25(11-3-1)28-12-4-5-13-30(28)38-33-16-8-6-14-31(33)37(32-15-7-9-17-34(32)38)27-19-20-29-35-21-18-26-22-23-41-39(26)40(35)42-36(29)24-27/h1-24H. The van der Waals surface area contributed by atoms with E-state index in [1.807, 2.05) is 6.07 Å². The summed E-state index contributed by atoms with van der Waals surface area (Å²) in [5.41, 5.74) is 9.74. The van der Waals surface area contributed by atoms with E-state index in [-0.39, 0.29) is 0 Å². The largest absolute Gasteiger partial charge is 0.460 e. The fraction of sp³-hybridized carbons (Fsp3) is 0. The molecule has 9 aromatic rings. The first kappa shape index (κ1) is 23.1. The number of furan rings is 2. The lowest BCUT2D eigenvalue weighted by atomic mass is 9.84. The minimum Gasteiger partial charge on any atom is -0.460 e. The summed E-state index contributed by atoms with van der Waals surface area (Å²) in [5.74, 6) is 0. The highest BCUT2D eigenvalue weighted by Crippen LogP contribution is 2.46. The smallest absolute Gasteiger partial charge is 0.178 e. The maximum atomic E-state index is 6.47. The molecule has 0 aliphatic carbocycles. The van der Waals surface area contributed by atoms with Gasteiger partial charge in [-0.25, -0.2) is 0 Å². The third-order valence-corrected chi connectivity index (χ3v) is 8.56. The normalized spacial score (nSPS) is 11.8. The van der Waals surface area contributed by atoms with Gasteiger partial charge < -0.3 is 8.83 Å². The molecule has 0 spiro atoms. The fourth-order valence-electron chi connectivity index (χ4n) is 6.71. The second-order valence-corrected chi connectivity index (χ2v) is 10.8. The van der Waals surface area contributed by atoms with Crippen LogP contribution in [0.15, 0.2) is 155 Å². The highest BCUT2D eigenvalue weighted by molar-refractivity contribution is 6.23. The molecular weight excluding hydrogens is 512 g/mol. The summed E-state index contributed by atoms with van der Waals surface area (Å²) in [6.45, 7) is 0. The van der Waals surface area contributed by atoms with Crippen LogP contribution in [0.3, 0.4) is 0 Å². The van der Waals surface area contributed by atoms with Gasteiger partial charge >= 0.3 is 0 Å². The molecule has 2 nitrogen and oxygen atoms in total. The summed E-state index contributed by atoms with van der Waals surface area (Å²) in [7, 11) is 0. The van der Waals surface area contributed by atoms with Gasteiger partial charge in [-0.2, -0.15) is 0 Å². The van der Waals surface area contributed by atoms with Crippen LogP contribution in [0.25, 0.3) is 87.8 Å². The zero-order valence-electron chi connectivity index (χ0n) is 22.7. The topological polar surface area (TPSA) is 26.3 Å². The van der Waals surface area contributed by atoms with E-state index in [1.54, 1.807) is 6.26 Å². The number of benzene rings is 7. The van der Waals surface area contributed by atoms with Crippen LogP contribution in [-0.4, -0.2) is 0 Å². The summed E-state index contributed by atoms with van der Waals surface area (Å²) in [6, 6.07) is 49.8. The van der Waals surface area contributed by atoms with Crippen LogP contribution in [0.4, 0.5) is 0 Å². The summed E-state index contributed by atoms with van der Waals surface area (Å²) in [4.78, 5) is 0. The highest BCUT2D eigenvalue weighted by Gasteiger charge is 2.20. The zero-order chi connectivity index (χ0) is 27.6. The number of hydrogen-bond donors (Lipinski definition) is 0. The van der Waals surface area contributed by atoms with Crippen LogP contribution < -0.4 is 0 Å². The Balaban J connectivity index is 1.36. The van der Waals surface area contributed by atoms with Gasteiger partial charge in [0.15, 0.2) is 11.2 Å². The fourth-order valence-corrected chi connectivity index (χ4v) is 6.71. The van der Waals surface area contributed by atoms with Crippen LogP contribution in [-0.2, 0) is 0 Å². The van der Waals surface area contributed by atoms with Crippen molar-refractivity contribution in [2.45, 2.75) is 0 Å². The van der Waals surface area contributed by atoms with Crippen molar-refractivity contribution in [1.29, 1.82) is 0 Å². The Hall–Kier alpha value is -5.60. The van der Waals surface area contributed by atoms with E-state index < -0.39 is 0 Å². The molecule has 2 aromatic heterocycles. The van der Waals surface area contributed by atoms with E-state index in [0.29, 0.717) is 0 Å². The van der Waals surface area contributed by atoms with E-state index in [1.165, 1.54) is 49.4 Å². The summed E-state index contributed by atoms with van der Waals surface area (Å²) in [6.07, 6.45) is 1.72. The molecule has 42 heavy (non-hydrogen) atoms. The van der Waals surface area contributed by atoms with Crippen molar-refractivity contribution in [3.05, 3.63) is 146 Å². The lowest BCUT2D eigenvalue weighted by molar-refractivity contribution is 0.600. The van der Waals surface area contributed by atoms with Gasteiger partial charge in [-0.1, -0.05) is 115 Å². The second kappa shape index (κ2) is 8.95. The number of hydrogen-bond acceptors (Lipinski definition) is 2. The first-order chi connectivity index (χ1) is 20.8. The summed E-state index contributed by atoms with van der Waals surface area (Å²) < 4.78 is 12.3. The van der Waals surface area contributed by atoms with Crippen LogP contribution in [0.5, 0.6) is 0 Å². The van der Waals surface area contributed by atoms with Gasteiger partial charge in [-0.3, -0.25) is 0 Å². The Bertz CT molecular complexity index is 2400. The number of fused-ring (bicyclic) bond motifs is 7. The predicted molar refractivity (Wildman–Crippen MR) is 175 cm³/mol. The van der Waals surface area contributed by atoms with E-state index in [0.717, 1.165) is 38.5 Å². The van der Waals surface area contributed by atoms with Crippen molar-refractivity contribution >= 4 is 54.5 Å². The van der Waals surface area contributed by atoms with Gasteiger partial charge in [-0.15, -0.1) is 0 Å². The molecule has 0 bridgehead atoms. The van der Waals surface area contributed by atoms with E-state index in [9.17, 15) is 0 Å². The maximum absolute atomic E-state index is 6.47. The van der Waals surface area contributed by atoms with Gasteiger partial charge in [0.05, 0.1) is 6.26 Å². The lowest BCUT2D eigenvalue weighted by Gasteiger charge is -2.19. The van der Waals surface area contributed by atoms with Crippen molar-refractivity contribution < 1.29 is 8.83 Å². The van der Waals surface area contributed by atoms with E-state index in [2.05, 4.69) is 133 Å². The molecule has 7 aromatic carbocycles. The van der Waals surface area contributed by atoms with Gasteiger partial charge in [-0.05, 0) is 79.2 Å². The average Bonchev–Trinajstić information content (AvgIpc) is 3.68. The first-order valence-corrected chi connectivity index (χ1v) is 14.3. The Morgan fingerprint density at radius 2 is 1.00 bits per heavy atom. The Kier molecular flexibility index (Phi) is 4.93. The molecular formula is C40H24O2. The van der Waals surface area contributed by atoms with Crippen molar-refractivity contribution in [1.82, 2.24) is 0 Å². The lowest BCUT2D eigenvalue weighted by Crippen LogP contribution is -1.92. The van der Waals surface area contributed by atoms with Crippen molar-refractivity contribution in [3.8, 4) is 33.4 Å². The summed E-state index contributed by atoms with van der Waals surface area (Å²) in [5, 5.41) is 8.12. The van der Waals surface area contributed by atoms with Gasteiger partial charge in [0, 0.05) is 16.2 Å². The molecule has 0 N–H and O–H groups in total. The monoisotopic (exact) mass is 536 g/mol.